The molecule has 18 heavy (non-hydrogen) atoms. The van der Waals surface area contributed by atoms with E-state index in [-0.39, 0.29) is 11.9 Å². The van der Waals surface area contributed by atoms with Gasteiger partial charge in [-0.15, -0.1) is 0 Å². The first-order chi connectivity index (χ1) is 8.75. The molecule has 98 valence electrons. The van der Waals surface area contributed by atoms with Crippen LogP contribution in [0.25, 0.3) is 0 Å². The average molecular weight is 250 g/mol. The molecule has 1 aliphatic heterocycles. The van der Waals surface area contributed by atoms with Gasteiger partial charge in [-0.1, -0.05) is 0 Å². The molecule has 0 unspecified atom stereocenters. The van der Waals surface area contributed by atoms with E-state index in [4.69, 9.17) is 4.74 Å². The first-order valence-electron chi connectivity index (χ1n) is 6.12. The Hall–Kier alpha value is -1.53. The minimum absolute atomic E-state index is 0.0811. The first kappa shape index (κ1) is 12.9. The number of carbonyl (C=O) groups excluding carboxylic acids is 1. The molecule has 2 heterocycles. The maximum Gasteiger partial charge on any atom is 0.271 e. The Morgan fingerprint density at radius 2 is 2.28 bits per heavy atom. The van der Waals surface area contributed by atoms with Gasteiger partial charge in [0.2, 0.25) is 0 Å². The van der Waals surface area contributed by atoms with Gasteiger partial charge in [-0.2, -0.15) is 0 Å². The van der Waals surface area contributed by atoms with Crippen molar-refractivity contribution in [3.8, 4) is 0 Å². The van der Waals surface area contributed by atoms with Crippen LogP contribution in [-0.4, -0.2) is 59.7 Å². The number of morpholine rings is 1. The van der Waals surface area contributed by atoms with Crippen molar-refractivity contribution in [3.63, 3.8) is 0 Å². The van der Waals surface area contributed by atoms with E-state index in [1.165, 1.54) is 12.4 Å². The lowest BCUT2D eigenvalue weighted by Gasteiger charge is -2.29. The molecule has 2 rings (SSSR count). The lowest BCUT2D eigenvalue weighted by atomic mass is 10.2. The van der Waals surface area contributed by atoms with Gasteiger partial charge in [-0.05, 0) is 6.92 Å². The van der Waals surface area contributed by atoms with Crippen LogP contribution in [0, 0.1) is 0 Å². The Kier molecular flexibility index (Phi) is 4.60. The van der Waals surface area contributed by atoms with Crippen LogP contribution in [0.15, 0.2) is 18.6 Å². The van der Waals surface area contributed by atoms with Crippen LogP contribution in [-0.2, 0) is 4.74 Å². The molecule has 0 bridgehead atoms. The van der Waals surface area contributed by atoms with Crippen LogP contribution < -0.4 is 5.32 Å². The first-order valence-corrected chi connectivity index (χ1v) is 6.12. The van der Waals surface area contributed by atoms with Gasteiger partial charge in [0.05, 0.1) is 19.4 Å². The number of aromatic nitrogens is 2. The summed E-state index contributed by atoms with van der Waals surface area (Å²) in [5, 5.41) is 2.92. The van der Waals surface area contributed by atoms with E-state index in [1.807, 2.05) is 6.92 Å². The SMILES string of the molecule is C[C@@H](CN1CCOCC1)NC(=O)c1cnccn1. The molecule has 0 spiro atoms. The third-order valence-corrected chi connectivity index (χ3v) is 2.81. The number of nitrogens with zero attached hydrogens (tertiary/aromatic N) is 3. The second kappa shape index (κ2) is 6.42. The number of rotatable bonds is 4. The van der Waals surface area contributed by atoms with Crippen LogP contribution in [0.5, 0.6) is 0 Å². The standard InChI is InChI=1S/C12H18N4O2/c1-10(9-16-4-6-18-7-5-16)15-12(17)11-8-13-2-3-14-11/h2-3,8,10H,4-7,9H2,1H3,(H,15,17)/t10-/m0/s1. The van der Waals surface area contributed by atoms with Crippen LogP contribution in [0.2, 0.25) is 0 Å². The summed E-state index contributed by atoms with van der Waals surface area (Å²) in [6.07, 6.45) is 4.53. The van der Waals surface area contributed by atoms with Crippen LogP contribution in [0.1, 0.15) is 17.4 Å². The van der Waals surface area contributed by atoms with Crippen molar-refractivity contribution in [2.45, 2.75) is 13.0 Å². The van der Waals surface area contributed by atoms with E-state index >= 15 is 0 Å². The van der Waals surface area contributed by atoms with Gasteiger partial charge < -0.3 is 10.1 Å². The number of hydrogen-bond donors (Lipinski definition) is 1. The van der Waals surface area contributed by atoms with Crippen molar-refractivity contribution in [2.75, 3.05) is 32.8 Å². The molecule has 1 aliphatic rings. The molecule has 1 aromatic rings. The molecule has 1 N–H and O–H groups in total. The molecule has 1 saturated heterocycles. The normalized spacial score (nSPS) is 18.3. The molecule has 1 fully saturated rings. The molecule has 0 aromatic carbocycles. The predicted octanol–water partition coefficient (Wildman–Crippen LogP) is -0.0729. The smallest absolute Gasteiger partial charge is 0.271 e. The Bertz CT molecular complexity index is 379. The summed E-state index contributed by atoms with van der Waals surface area (Å²) in [4.78, 5) is 22.0. The van der Waals surface area contributed by atoms with Gasteiger partial charge in [0, 0.05) is 38.1 Å². The largest absolute Gasteiger partial charge is 0.379 e. The lowest BCUT2D eigenvalue weighted by molar-refractivity contribution is 0.0342. The molecule has 1 aromatic heterocycles. The fourth-order valence-corrected chi connectivity index (χ4v) is 1.93. The van der Waals surface area contributed by atoms with Gasteiger partial charge in [0.15, 0.2) is 0 Å². The summed E-state index contributed by atoms with van der Waals surface area (Å²) in [6.45, 7) is 6.20. The topological polar surface area (TPSA) is 67.3 Å². The van der Waals surface area contributed by atoms with Crippen molar-refractivity contribution in [2.24, 2.45) is 0 Å². The highest BCUT2D eigenvalue weighted by Crippen LogP contribution is 1.99. The van der Waals surface area contributed by atoms with Crippen molar-refractivity contribution < 1.29 is 9.53 Å². The lowest BCUT2D eigenvalue weighted by Crippen LogP contribution is -2.46. The van der Waals surface area contributed by atoms with E-state index in [0.717, 1.165) is 32.8 Å². The zero-order chi connectivity index (χ0) is 12.8. The maximum atomic E-state index is 11.8. The molecule has 6 heteroatoms. The van der Waals surface area contributed by atoms with Crippen molar-refractivity contribution in [1.29, 1.82) is 0 Å². The summed E-state index contributed by atoms with van der Waals surface area (Å²) >= 11 is 0. The molecule has 0 aliphatic carbocycles. The van der Waals surface area contributed by atoms with E-state index in [1.54, 1.807) is 6.20 Å². The van der Waals surface area contributed by atoms with Crippen molar-refractivity contribution in [1.82, 2.24) is 20.2 Å². The van der Waals surface area contributed by atoms with Crippen molar-refractivity contribution in [3.05, 3.63) is 24.3 Å². The van der Waals surface area contributed by atoms with Gasteiger partial charge in [0.25, 0.3) is 5.91 Å². The van der Waals surface area contributed by atoms with E-state index in [9.17, 15) is 4.79 Å². The number of nitrogens with one attached hydrogen (secondary N) is 1. The summed E-state index contributed by atoms with van der Waals surface area (Å²) in [7, 11) is 0. The zero-order valence-electron chi connectivity index (χ0n) is 10.5. The number of ether oxygens (including phenoxy) is 1. The number of carbonyl (C=O) groups is 1. The minimum Gasteiger partial charge on any atom is -0.379 e. The summed E-state index contributed by atoms with van der Waals surface area (Å²) in [5.74, 6) is -0.177. The highest BCUT2D eigenvalue weighted by molar-refractivity contribution is 5.92. The molecule has 1 amide bonds. The Morgan fingerprint density at radius 1 is 1.50 bits per heavy atom. The summed E-state index contributed by atoms with van der Waals surface area (Å²) in [5.41, 5.74) is 0.353. The van der Waals surface area contributed by atoms with Crippen LogP contribution >= 0.6 is 0 Å². The van der Waals surface area contributed by atoms with Crippen LogP contribution in [0.3, 0.4) is 0 Å². The molecule has 6 nitrogen and oxygen atoms in total. The maximum absolute atomic E-state index is 11.8. The van der Waals surface area contributed by atoms with Crippen LogP contribution in [0.4, 0.5) is 0 Å². The fraction of sp³-hybridized carbons (Fsp3) is 0.583. The van der Waals surface area contributed by atoms with Gasteiger partial charge in [0.1, 0.15) is 5.69 Å². The van der Waals surface area contributed by atoms with Gasteiger partial charge in [-0.3, -0.25) is 14.7 Å². The molecule has 0 radical (unpaired) electrons. The van der Waals surface area contributed by atoms with Gasteiger partial charge >= 0.3 is 0 Å². The third-order valence-electron chi connectivity index (χ3n) is 2.81. The Labute approximate surface area is 106 Å². The molecular weight excluding hydrogens is 232 g/mol. The monoisotopic (exact) mass is 250 g/mol. The van der Waals surface area contributed by atoms with E-state index in [0.29, 0.717) is 5.69 Å². The molecular formula is C12H18N4O2. The van der Waals surface area contributed by atoms with E-state index in [2.05, 4.69) is 20.2 Å². The summed E-state index contributed by atoms with van der Waals surface area (Å²) in [6, 6.07) is 0.0811. The number of hydrogen-bond acceptors (Lipinski definition) is 5. The predicted molar refractivity (Wildman–Crippen MR) is 66.2 cm³/mol. The molecule has 0 saturated carbocycles. The third kappa shape index (κ3) is 3.75. The Morgan fingerprint density at radius 3 is 2.94 bits per heavy atom. The fourth-order valence-electron chi connectivity index (χ4n) is 1.93. The van der Waals surface area contributed by atoms with Crippen molar-refractivity contribution >= 4 is 5.91 Å². The number of amides is 1. The molecule has 1 atom stereocenters. The van der Waals surface area contributed by atoms with E-state index < -0.39 is 0 Å². The zero-order valence-corrected chi connectivity index (χ0v) is 10.5. The highest BCUT2D eigenvalue weighted by atomic mass is 16.5. The Balaban J connectivity index is 1.80. The summed E-state index contributed by atoms with van der Waals surface area (Å²) < 4.78 is 5.28. The highest BCUT2D eigenvalue weighted by Gasteiger charge is 2.16. The quantitative estimate of drug-likeness (QED) is 0.810. The van der Waals surface area contributed by atoms with Gasteiger partial charge in [-0.25, -0.2) is 4.98 Å². The second-order valence-electron chi connectivity index (χ2n) is 4.38. The average Bonchev–Trinajstić information content (AvgIpc) is 2.40. The minimum atomic E-state index is -0.177. The second-order valence-corrected chi connectivity index (χ2v) is 4.38.